The van der Waals surface area contributed by atoms with E-state index in [1.807, 2.05) is 38.1 Å². The smallest absolute Gasteiger partial charge is 0.251 e. The van der Waals surface area contributed by atoms with Crippen molar-refractivity contribution in [2.24, 2.45) is 0 Å². The molecule has 4 heteroatoms. The van der Waals surface area contributed by atoms with E-state index >= 15 is 0 Å². The fourth-order valence-corrected chi connectivity index (χ4v) is 1.95. The number of nitrogens with one attached hydrogen (secondary N) is 1. The van der Waals surface area contributed by atoms with Gasteiger partial charge in [0.15, 0.2) is 0 Å². The van der Waals surface area contributed by atoms with Crippen molar-refractivity contribution in [3.8, 4) is 5.75 Å². The van der Waals surface area contributed by atoms with Gasteiger partial charge in [-0.3, -0.25) is 9.78 Å². The van der Waals surface area contributed by atoms with E-state index < -0.39 is 0 Å². The van der Waals surface area contributed by atoms with Gasteiger partial charge in [0.2, 0.25) is 0 Å². The predicted molar refractivity (Wildman–Crippen MR) is 77.8 cm³/mol. The molecule has 1 N–H and O–H groups in total. The lowest BCUT2D eigenvalue weighted by molar-refractivity contribution is 0.0939. The van der Waals surface area contributed by atoms with Crippen LogP contribution < -0.4 is 10.1 Å². The van der Waals surface area contributed by atoms with E-state index in [2.05, 4.69) is 10.3 Å². The van der Waals surface area contributed by atoms with Gasteiger partial charge in [-0.15, -0.1) is 0 Å². The summed E-state index contributed by atoms with van der Waals surface area (Å²) in [6, 6.07) is 10.9. The van der Waals surface area contributed by atoms with E-state index in [1.165, 1.54) is 0 Å². The molecule has 0 fully saturated rings. The first-order valence-corrected chi connectivity index (χ1v) is 6.48. The molecular weight excluding hydrogens is 252 g/mol. The number of hydrogen-bond acceptors (Lipinski definition) is 3. The number of nitrogens with zero attached hydrogens (tertiary/aromatic N) is 1. The number of methoxy groups -OCH3 is 1. The highest BCUT2D eigenvalue weighted by atomic mass is 16.5. The molecule has 1 amide bonds. The van der Waals surface area contributed by atoms with Crippen LogP contribution in [0, 0.1) is 6.92 Å². The summed E-state index contributed by atoms with van der Waals surface area (Å²) < 4.78 is 5.23. The average Bonchev–Trinajstić information content (AvgIpc) is 2.48. The number of hydrogen-bond donors (Lipinski definition) is 1. The van der Waals surface area contributed by atoms with Crippen LogP contribution in [0.4, 0.5) is 0 Å². The molecule has 1 aromatic carbocycles. The maximum atomic E-state index is 12.2. The number of amides is 1. The maximum absolute atomic E-state index is 12.2. The Balaban J connectivity index is 2.12. The summed E-state index contributed by atoms with van der Waals surface area (Å²) in [4.78, 5) is 16.4. The van der Waals surface area contributed by atoms with Gasteiger partial charge in [0.25, 0.3) is 5.91 Å². The van der Waals surface area contributed by atoms with Crippen LogP contribution in [-0.4, -0.2) is 18.0 Å². The summed E-state index contributed by atoms with van der Waals surface area (Å²) in [7, 11) is 1.60. The highest BCUT2D eigenvalue weighted by Gasteiger charge is 2.13. The van der Waals surface area contributed by atoms with E-state index in [9.17, 15) is 4.79 Å². The largest absolute Gasteiger partial charge is 0.496 e. The number of carbonyl (C=O) groups excluding carboxylic acids is 1. The molecular formula is C16H18N2O2. The molecule has 1 unspecified atom stereocenters. The monoisotopic (exact) mass is 270 g/mol. The Bertz CT molecular complexity index is 597. The summed E-state index contributed by atoms with van der Waals surface area (Å²) >= 11 is 0. The Morgan fingerprint density at radius 3 is 2.75 bits per heavy atom. The van der Waals surface area contributed by atoms with Crippen LogP contribution in [-0.2, 0) is 0 Å². The highest BCUT2D eigenvalue weighted by molar-refractivity contribution is 5.94. The van der Waals surface area contributed by atoms with Crippen molar-refractivity contribution in [2.45, 2.75) is 19.9 Å². The normalized spacial score (nSPS) is 11.8. The van der Waals surface area contributed by atoms with Crippen LogP contribution in [0.2, 0.25) is 0 Å². The molecule has 0 aliphatic heterocycles. The number of aromatic nitrogens is 1. The topological polar surface area (TPSA) is 51.2 Å². The molecule has 0 bridgehead atoms. The van der Waals surface area contributed by atoms with Crippen LogP contribution in [0.5, 0.6) is 5.75 Å². The van der Waals surface area contributed by atoms with Gasteiger partial charge >= 0.3 is 0 Å². The van der Waals surface area contributed by atoms with Crippen LogP contribution in [0.15, 0.2) is 42.6 Å². The van der Waals surface area contributed by atoms with Crippen LogP contribution in [0.25, 0.3) is 0 Å². The van der Waals surface area contributed by atoms with Crippen molar-refractivity contribution in [2.75, 3.05) is 7.11 Å². The van der Waals surface area contributed by atoms with Gasteiger partial charge in [0, 0.05) is 11.8 Å². The lowest BCUT2D eigenvalue weighted by Crippen LogP contribution is -2.27. The van der Waals surface area contributed by atoms with Gasteiger partial charge in [-0.1, -0.05) is 12.1 Å². The number of carbonyl (C=O) groups is 1. The van der Waals surface area contributed by atoms with E-state index in [0.29, 0.717) is 11.3 Å². The summed E-state index contributed by atoms with van der Waals surface area (Å²) in [5.74, 6) is 0.574. The summed E-state index contributed by atoms with van der Waals surface area (Å²) in [6.07, 6.45) is 1.72. The second kappa shape index (κ2) is 6.19. The Labute approximate surface area is 118 Å². The Morgan fingerprint density at radius 2 is 2.10 bits per heavy atom. The molecule has 2 rings (SSSR count). The van der Waals surface area contributed by atoms with Crippen LogP contribution in [0.3, 0.4) is 0 Å². The average molecular weight is 270 g/mol. The van der Waals surface area contributed by atoms with Crippen LogP contribution >= 0.6 is 0 Å². The summed E-state index contributed by atoms with van der Waals surface area (Å²) in [6.45, 7) is 3.85. The molecule has 0 radical (unpaired) electrons. The quantitative estimate of drug-likeness (QED) is 0.929. The van der Waals surface area contributed by atoms with E-state index in [0.717, 1.165) is 11.3 Å². The van der Waals surface area contributed by atoms with Crippen molar-refractivity contribution in [1.82, 2.24) is 10.3 Å². The summed E-state index contributed by atoms with van der Waals surface area (Å²) in [5.41, 5.74) is 2.41. The third kappa shape index (κ3) is 3.15. The lowest BCUT2D eigenvalue weighted by Gasteiger charge is -2.14. The van der Waals surface area contributed by atoms with Gasteiger partial charge in [0.1, 0.15) is 5.75 Å². The maximum Gasteiger partial charge on any atom is 0.251 e. The highest BCUT2D eigenvalue weighted by Crippen LogP contribution is 2.19. The zero-order chi connectivity index (χ0) is 14.5. The van der Waals surface area contributed by atoms with Gasteiger partial charge in [-0.05, 0) is 43.7 Å². The lowest BCUT2D eigenvalue weighted by atomic mass is 10.1. The third-order valence-corrected chi connectivity index (χ3v) is 3.15. The molecule has 104 valence electrons. The molecule has 1 atom stereocenters. The van der Waals surface area contributed by atoms with E-state index in [1.54, 1.807) is 25.4 Å². The molecule has 0 saturated carbocycles. The molecule has 0 spiro atoms. The minimum Gasteiger partial charge on any atom is -0.496 e. The number of benzene rings is 1. The fraction of sp³-hybridized carbons (Fsp3) is 0.250. The first kappa shape index (κ1) is 14.1. The first-order chi connectivity index (χ1) is 9.61. The van der Waals surface area contributed by atoms with Crippen molar-refractivity contribution in [3.05, 3.63) is 59.4 Å². The molecule has 0 aliphatic rings. The predicted octanol–water partition coefficient (Wildman–Crippen LogP) is 2.89. The Hall–Kier alpha value is -2.36. The molecule has 0 aliphatic carbocycles. The minimum atomic E-state index is -0.143. The van der Waals surface area contributed by atoms with E-state index in [4.69, 9.17) is 4.74 Å². The zero-order valence-corrected chi connectivity index (χ0v) is 11.9. The second-order valence-corrected chi connectivity index (χ2v) is 4.63. The Kier molecular flexibility index (Phi) is 4.35. The van der Waals surface area contributed by atoms with Gasteiger partial charge in [-0.25, -0.2) is 0 Å². The molecule has 1 heterocycles. The fourth-order valence-electron chi connectivity index (χ4n) is 1.95. The van der Waals surface area contributed by atoms with Crippen molar-refractivity contribution in [3.63, 3.8) is 0 Å². The molecule has 4 nitrogen and oxygen atoms in total. The zero-order valence-electron chi connectivity index (χ0n) is 11.9. The standard InChI is InChI=1S/C16H18N2O2/c1-11-7-8-13(10-15(11)20-3)16(19)18-12(2)14-6-4-5-9-17-14/h4-10,12H,1-3H3,(H,18,19). The second-order valence-electron chi connectivity index (χ2n) is 4.63. The number of pyridine rings is 1. The molecule has 2 aromatic rings. The van der Waals surface area contributed by atoms with Gasteiger partial charge < -0.3 is 10.1 Å². The number of rotatable bonds is 4. The van der Waals surface area contributed by atoms with Crippen molar-refractivity contribution >= 4 is 5.91 Å². The third-order valence-electron chi connectivity index (χ3n) is 3.15. The number of ether oxygens (including phenoxy) is 1. The Morgan fingerprint density at radius 1 is 1.30 bits per heavy atom. The number of aryl methyl sites for hydroxylation is 1. The molecule has 20 heavy (non-hydrogen) atoms. The summed E-state index contributed by atoms with van der Waals surface area (Å²) in [5, 5.41) is 2.93. The SMILES string of the molecule is COc1cc(C(=O)NC(C)c2ccccn2)ccc1C. The first-order valence-electron chi connectivity index (χ1n) is 6.48. The van der Waals surface area contributed by atoms with Gasteiger partial charge in [0.05, 0.1) is 18.8 Å². The molecule has 1 aromatic heterocycles. The van der Waals surface area contributed by atoms with Crippen molar-refractivity contribution < 1.29 is 9.53 Å². The minimum absolute atomic E-state index is 0.138. The van der Waals surface area contributed by atoms with Crippen molar-refractivity contribution in [1.29, 1.82) is 0 Å². The van der Waals surface area contributed by atoms with E-state index in [-0.39, 0.29) is 11.9 Å². The molecule has 0 saturated heterocycles. The van der Waals surface area contributed by atoms with Gasteiger partial charge in [-0.2, -0.15) is 0 Å². The van der Waals surface area contributed by atoms with Crippen LogP contribution in [0.1, 0.15) is 34.6 Å².